The number of hydrogen-bond donors (Lipinski definition) is 2. The summed E-state index contributed by atoms with van der Waals surface area (Å²) in [5.74, 6) is 0.672. The molecule has 4 heterocycles. The molecule has 23 heavy (non-hydrogen) atoms. The van der Waals surface area contributed by atoms with Crippen molar-refractivity contribution in [3.8, 4) is 11.5 Å². The highest BCUT2D eigenvalue weighted by Crippen LogP contribution is 2.25. The fourth-order valence-electron chi connectivity index (χ4n) is 2.30. The van der Waals surface area contributed by atoms with E-state index in [1.165, 1.54) is 0 Å². The van der Waals surface area contributed by atoms with Crippen LogP contribution in [-0.4, -0.2) is 29.9 Å². The summed E-state index contributed by atoms with van der Waals surface area (Å²) in [4.78, 5) is 12.7. The van der Waals surface area contributed by atoms with Crippen LogP contribution in [-0.2, 0) is 6.54 Å². The number of furan rings is 1. The Bertz CT molecular complexity index is 976. The zero-order chi connectivity index (χ0) is 15.8. The van der Waals surface area contributed by atoms with Crippen molar-refractivity contribution in [3.63, 3.8) is 0 Å². The van der Waals surface area contributed by atoms with E-state index in [0.717, 1.165) is 5.69 Å². The van der Waals surface area contributed by atoms with Gasteiger partial charge in [0.25, 0.3) is 0 Å². The maximum atomic E-state index is 5.81. The van der Waals surface area contributed by atoms with Crippen LogP contribution in [0, 0.1) is 0 Å². The molecule has 4 aromatic rings. The first kappa shape index (κ1) is 13.2. The van der Waals surface area contributed by atoms with Gasteiger partial charge in [-0.3, -0.25) is 4.98 Å². The lowest BCUT2D eigenvalue weighted by Crippen LogP contribution is -2.06. The Morgan fingerprint density at radius 2 is 2.09 bits per heavy atom. The standard InChI is InChI=1S/C14H12N8O/c15-8-3-4-17-9(6-8)7-22-13-12(20-21-22)11(18-14(16)19-13)10-2-1-5-23-10/h1-6H,7H2,(H2,15,17)(H2,16,18,19). The molecule has 0 unspecified atom stereocenters. The smallest absolute Gasteiger partial charge is 0.222 e. The molecule has 0 aliphatic rings. The first-order chi connectivity index (χ1) is 11.2. The third kappa shape index (κ3) is 2.33. The lowest BCUT2D eigenvalue weighted by Gasteiger charge is -2.03. The van der Waals surface area contributed by atoms with Crippen molar-refractivity contribution in [1.82, 2.24) is 29.9 Å². The average molecular weight is 308 g/mol. The van der Waals surface area contributed by atoms with E-state index in [1.807, 2.05) is 0 Å². The van der Waals surface area contributed by atoms with Gasteiger partial charge in [-0.2, -0.15) is 4.98 Å². The minimum Gasteiger partial charge on any atom is -0.463 e. The average Bonchev–Trinajstić information content (AvgIpc) is 3.17. The number of nitrogens with two attached hydrogens (primary N) is 2. The molecule has 0 atom stereocenters. The number of anilines is 2. The quantitative estimate of drug-likeness (QED) is 0.574. The largest absolute Gasteiger partial charge is 0.463 e. The predicted octanol–water partition coefficient (Wildman–Crippen LogP) is 1.09. The van der Waals surface area contributed by atoms with Crippen molar-refractivity contribution >= 4 is 22.8 Å². The van der Waals surface area contributed by atoms with E-state index >= 15 is 0 Å². The molecule has 0 aliphatic heterocycles. The molecule has 0 saturated carbocycles. The van der Waals surface area contributed by atoms with Crippen molar-refractivity contribution < 1.29 is 4.42 Å². The number of nitrogens with zero attached hydrogens (tertiary/aromatic N) is 6. The number of pyridine rings is 1. The summed E-state index contributed by atoms with van der Waals surface area (Å²) in [6, 6.07) is 7.03. The normalized spacial score (nSPS) is 11.1. The summed E-state index contributed by atoms with van der Waals surface area (Å²) in [7, 11) is 0. The summed E-state index contributed by atoms with van der Waals surface area (Å²) >= 11 is 0. The van der Waals surface area contributed by atoms with Crippen LogP contribution in [0.4, 0.5) is 11.6 Å². The SMILES string of the molecule is Nc1ccnc(Cn2nnc3c(-c4ccco4)nc(N)nc32)c1. The molecule has 9 nitrogen and oxygen atoms in total. The van der Waals surface area contributed by atoms with Crippen molar-refractivity contribution in [1.29, 1.82) is 0 Å². The van der Waals surface area contributed by atoms with Gasteiger partial charge in [0, 0.05) is 11.9 Å². The predicted molar refractivity (Wildman–Crippen MR) is 83.0 cm³/mol. The topological polar surface area (TPSA) is 135 Å². The Labute approximate surface area is 130 Å². The highest BCUT2D eigenvalue weighted by atomic mass is 16.3. The molecule has 4 aromatic heterocycles. The lowest BCUT2D eigenvalue weighted by molar-refractivity contribution is 0.580. The molecular formula is C14H12N8O. The first-order valence-electron chi connectivity index (χ1n) is 6.82. The molecule has 114 valence electrons. The Kier molecular flexibility index (Phi) is 2.90. The molecule has 0 saturated heterocycles. The van der Waals surface area contributed by atoms with E-state index in [1.54, 1.807) is 41.4 Å². The fraction of sp³-hybridized carbons (Fsp3) is 0.0714. The minimum absolute atomic E-state index is 0.119. The second-order valence-corrected chi connectivity index (χ2v) is 4.91. The number of hydrogen-bond acceptors (Lipinski definition) is 8. The monoisotopic (exact) mass is 308 g/mol. The van der Waals surface area contributed by atoms with Crippen LogP contribution in [0.5, 0.6) is 0 Å². The zero-order valence-electron chi connectivity index (χ0n) is 11.9. The molecule has 0 fully saturated rings. The van der Waals surface area contributed by atoms with Crippen molar-refractivity contribution in [2.75, 3.05) is 11.5 Å². The van der Waals surface area contributed by atoms with Gasteiger partial charge in [-0.05, 0) is 24.3 Å². The van der Waals surface area contributed by atoms with Gasteiger partial charge in [-0.1, -0.05) is 5.21 Å². The molecule has 4 rings (SSSR count). The van der Waals surface area contributed by atoms with E-state index in [0.29, 0.717) is 34.9 Å². The Morgan fingerprint density at radius 3 is 2.87 bits per heavy atom. The van der Waals surface area contributed by atoms with Crippen molar-refractivity contribution in [3.05, 3.63) is 42.4 Å². The maximum Gasteiger partial charge on any atom is 0.222 e. The molecule has 0 amide bonds. The summed E-state index contributed by atoms with van der Waals surface area (Å²) < 4.78 is 6.97. The molecule has 0 radical (unpaired) electrons. The second kappa shape index (κ2) is 5.05. The van der Waals surface area contributed by atoms with E-state index in [4.69, 9.17) is 15.9 Å². The van der Waals surface area contributed by atoms with Crippen molar-refractivity contribution in [2.24, 2.45) is 0 Å². The summed E-state index contributed by atoms with van der Waals surface area (Å²) in [5, 5.41) is 8.27. The fourth-order valence-corrected chi connectivity index (χ4v) is 2.30. The van der Waals surface area contributed by atoms with Gasteiger partial charge >= 0.3 is 0 Å². The first-order valence-corrected chi connectivity index (χ1v) is 6.82. The van der Waals surface area contributed by atoms with Gasteiger partial charge in [0.2, 0.25) is 5.95 Å². The third-order valence-corrected chi connectivity index (χ3v) is 3.29. The molecule has 0 aromatic carbocycles. The van der Waals surface area contributed by atoms with Crippen LogP contribution < -0.4 is 11.5 Å². The summed E-state index contributed by atoms with van der Waals surface area (Å²) in [6.45, 7) is 0.371. The highest BCUT2D eigenvalue weighted by Gasteiger charge is 2.17. The van der Waals surface area contributed by atoms with E-state index < -0.39 is 0 Å². The number of nitrogen functional groups attached to an aromatic ring is 2. The third-order valence-electron chi connectivity index (χ3n) is 3.29. The Morgan fingerprint density at radius 1 is 1.17 bits per heavy atom. The van der Waals surface area contributed by atoms with Gasteiger partial charge in [-0.15, -0.1) is 5.10 Å². The van der Waals surface area contributed by atoms with Gasteiger partial charge in [-0.25, -0.2) is 9.67 Å². The zero-order valence-corrected chi connectivity index (χ0v) is 11.9. The van der Waals surface area contributed by atoms with Crippen LogP contribution in [0.15, 0.2) is 41.1 Å². The lowest BCUT2D eigenvalue weighted by atomic mass is 10.3. The number of aromatic nitrogens is 6. The Balaban J connectivity index is 1.83. The molecule has 0 spiro atoms. The van der Waals surface area contributed by atoms with Crippen LogP contribution in [0.2, 0.25) is 0 Å². The van der Waals surface area contributed by atoms with E-state index in [-0.39, 0.29) is 5.95 Å². The van der Waals surface area contributed by atoms with Crippen LogP contribution in [0.1, 0.15) is 5.69 Å². The van der Waals surface area contributed by atoms with Gasteiger partial charge < -0.3 is 15.9 Å². The van der Waals surface area contributed by atoms with Crippen LogP contribution in [0.3, 0.4) is 0 Å². The van der Waals surface area contributed by atoms with Crippen molar-refractivity contribution in [2.45, 2.75) is 6.54 Å². The minimum atomic E-state index is 0.119. The number of fused-ring (bicyclic) bond motifs is 1. The molecule has 4 N–H and O–H groups in total. The highest BCUT2D eigenvalue weighted by molar-refractivity contribution is 5.85. The summed E-state index contributed by atoms with van der Waals surface area (Å²) in [5.41, 5.74) is 14.5. The molecule has 0 aliphatic carbocycles. The van der Waals surface area contributed by atoms with Crippen LogP contribution in [0.25, 0.3) is 22.6 Å². The molecular weight excluding hydrogens is 296 g/mol. The van der Waals surface area contributed by atoms with Gasteiger partial charge in [0.15, 0.2) is 16.9 Å². The molecule has 0 bridgehead atoms. The van der Waals surface area contributed by atoms with E-state index in [9.17, 15) is 0 Å². The second-order valence-electron chi connectivity index (χ2n) is 4.91. The van der Waals surface area contributed by atoms with Gasteiger partial charge in [0.1, 0.15) is 5.69 Å². The summed E-state index contributed by atoms with van der Waals surface area (Å²) in [6.07, 6.45) is 3.20. The van der Waals surface area contributed by atoms with Crippen LogP contribution >= 0.6 is 0 Å². The van der Waals surface area contributed by atoms with Gasteiger partial charge in [0.05, 0.1) is 18.5 Å². The Hall–Kier alpha value is -3.49. The maximum absolute atomic E-state index is 5.81. The molecule has 9 heteroatoms. The van der Waals surface area contributed by atoms with E-state index in [2.05, 4.69) is 25.3 Å². The number of rotatable bonds is 3.